The Hall–Kier alpha value is -1.75. The zero-order chi connectivity index (χ0) is 19.6. The van der Waals surface area contributed by atoms with E-state index < -0.39 is 6.16 Å². The molecule has 0 amide bonds. The van der Waals surface area contributed by atoms with Crippen LogP contribution in [0.15, 0.2) is 18.2 Å². The minimum atomic E-state index is -0.661. The summed E-state index contributed by atoms with van der Waals surface area (Å²) in [6, 6.07) is 7.04. The van der Waals surface area contributed by atoms with Gasteiger partial charge in [-0.15, -0.1) is 0 Å². The van der Waals surface area contributed by atoms with E-state index in [1.807, 2.05) is 13.0 Å². The summed E-state index contributed by atoms with van der Waals surface area (Å²) in [4.78, 5) is 11.7. The minimum absolute atomic E-state index is 0.114. The van der Waals surface area contributed by atoms with Crippen molar-refractivity contribution in [2.75, 3.05) is 13.3 Å². The molecule has 1 N–H and O–H groups in total. The van der Waals surface area contributed by atoms with E-state index >= 15 is 0 Å². The Morgan fingerprint density at radius 1 is 1.32 bits per heavy atom. The Morgan fingerprint density at radius 3 is 3.07 bits per heavy atom. The fourth-order valence-corrected chi connectivity index (χ4v) is 5.80. The van der Waals surface area contributed by atoms with Crippen molar-refractivity contribution in [1.82, 2.24) is 5.32 Å². The molecule has 0 radical (unpaired) electrons. The molecular formula is C23H33NO4. The highest BCUT2D eigenvalue weighted by atomic mass is 16.8. The SMILES string of the molecule is CCCC(C)OC(=O)OCOc1ccc2c(c1)[C@@]13CCCC[C@@H]1[C@H](C2)NCC3. The summed E-state index contributed by atoms with van der Waals surface area (Å²) in [5.41, 5.74) is 3.24. The van der Waals surface area contributed by atoms with Gasteiger partial charge in [-0.25, -0.2) is 4.79 Å². The lowest BCUT2D eigenvalue weighted by Crippen LogP contribution is -2.59. The molecule has 1 saturated heterocycles. The maximum absolute atomic E-state index is 11.7. The Kier molecular flexibility index (Phi) is 5.81. The quantitative estimate of drug-likeness (QED) is 0.566. The fourth-order valence-electron chi connectivity index (χ4n) is 5.80. The molecule has 1 aromatic rings. The second-order valence-corrected chi connectivity index (χ2v) is 8.72. The second kappa shape index (κ2) is 8.32. The molecule has 0 aromatic heterocycles. The summed E-state index contributed by atoms with van der Waals surface area (Å²) in [6.45, 7) is 4.93. The molecule has 0 spiro atoms. The van der Waals surface area contributed by atoms with E-state index in [1.165, 1.54) is 43.2 Å². The Labute approximate surface area is 168 Å². The zero-order valence-corrected chi connectivity index (χ0v) is 17.2. The van der Waals surface area contributed by atoms with Gasteiger partial charge in [0.25, 0.3) is 0 Å². The van der Waals surface area contributed by atoms with Crippen LogP contribution in [0.3, 0.4) is 0 Å². The first kappa shape index (κ1) is 19.6. The van der Waals surface area contributed by atoms with Crippen molar-refractivity contribution in [2.24, 2.45) is 5.92 Å². The standard InChI is InChI=1S/C23H33NO4/c1-3-6-16(2)28-22(25)27-15-26-18-9-8-17-13-21-19-7-4-5-10-23(19,11-12-24-21)20(17)14-18/h8-9,14,16,19,21,24H,3-7,10-13,15H2,1-2H3/t16?,19-,21+,23-/m1/s1. The zero-order valence-electron chi connectivity index (χ0n) is 17.2. The van der Waals surface area contributed by atoms with Crippen LogP contribution in [-0.2, 0) is 21.3 Å². The Morgan fingerprint density at radius 2 is 2.21 bits per heavy atom. The molecule has 4 rings (SSSR count). The first-order chi connectivity index (χ1) is 13.6. The summed E-state index contributed by atoms with van der Waals surface area (Å²) in [5, 5.41) is 3.77. The van der Waals surface area contributed by atoms with Gasteiger partial charge in [0.05, 0.1) is 0 Å². The molecule has 5 nitrogen and oxygen atoms in total. The fraction of sp³-hybridized carbons (Fsp3) is 0.696. The molecule has 2 fully saturated rings. The monoisotopic (exact) mass is 387 g/mol. The van der Waals surface area contributed by atoms with E-state index in [0.29, 0.717) is 11.5 Å². The summed E-state index contributed by atoms with van der Waals surface area (Å²) >= 11 is 0. The lowest BCUT2D eigenvalue weighted by molar-refractivity contribution is -0.0132. The van der Waals surface area contributed by atoms with Crippen LogP contribution < -0.4 is 10.1 Å². The van der Waals surface area contributed by atoms with Crippen LogP contribution in [-0.4, -0.2) is 31.6 Å². The molecule has 1 saturated carbocycles. The van der Waals surface area contributed by atoms with Crippen LogP contribution in [0.5, 0.6) is 5.75 Å². The van der Waals surface area contributed by atoms with E-state index in [4.69, 9.17) is 14.2 Å². The number of ether oxygens (including phenoxy) is 3. The van der Waals surface area contributed by atoms with E-state index in [1.54, 1.807) is 0 Å². The molecule has 1 aromatic carbocycles. The molecule has 28 heavy (non-hydrogen) atoms. The molecule has 1 unspecified atom stereocenters. The molecular weight excluding hydrogens is 354 g/mol. The normalized spacial score (nSPS) is 29.2. The largest absolute Gasteiger partial charge is 0.511 e. The van der Waals surface area contributed by atoms with E-state index in [9.17, 15) is 4.79 Å². The predicted molar refractivity (Wildman–Crippen MR) is 108 cm³/mol. The van der Waals surface area contributed by atoms with Crippen LogP contribution in [0.25, 0.3) is 0 Å². The summed E-state index contributed by atoms with van der Waals surface area (Å²) in [6.07, 6.45) is 8.61. The minimum Gasteiger partial charge on any atom is -0.457 e. The van der Waals surface area contributed by atoms with E-state index in [0.717, 1.165) is 37.5 Å². The van der Waals surface area contributed by atoms with Crippen LogP contribution in [0.1, 0.15) is 69.9 Å². The highest BCUT2D eigenvalue weighted by molar-refractivity contribution is 5.60. The van der Waals surface area contributed by atoms with Crippen molar-refractivity contribution < 1.29 is 19.0 Å². The molecule has 5 heteroatoms. The average molecular weight is 388 g/mol. The maximum atomic E-state index is 11.7. The number of hydrogen-bond acceptors (Lipinski definition) is 5. The van der Waals surface area contributed by atoms with Crippen molar-refractivity contribution >= 4 is 6.16 Å². The van der Waals surface area contributed by atoms with Crippen LogP contribution >= 0.6 is 0 Å². The Bertz CT molecular complexity index is 702. The first-order valence-electron chi connectivity index (χ1n) is 11.0. The number of benzene rings is 1. The number of carbonyl (C=O) groups is 1. The van der Waals surface area contributed by atoms with Gasteiger partial charge in [0.2, 0.25) is 6.79 Å². The van der Waals surface area contributed by atoms with E-state index in [2.05, 4.69) is 24.4 Å². The van der Waals surface area contributed by atoms with Crippen molar-refractivity contribution in [3.8, 4) is 5.75 Å². The molecule has 1 aliphatic heterocycles. The van der Waals surface area contributed by atoms with Gasteiger partial charge in [0, 0.05) is 11.5 Å². The summed E-state index contributed by atoms with van der Waals surface area (Å²) < 4.78 is 16.1. The lowest BCUT2D eigenvalue weighted by Gasteiger charge is -2.56. The summed E-state index contributed by atoms with van der Waals surface area (Å²) in [7, 11) is 0. The van der Waals surface area contributed by atoms with Gasteiger partial charge in [-0.1, -0.05) is 32.3 Å². The smallest absolute Gasteiger partial charge is 0.457 e. The van der Waals surface area contributed by atoms with Gasteiger partial charge < -0.3 is 19.5 Å². The van der Waals surface area contributed by atoms with Gasteiger partial charge in [-0.2, -0.15) is 0 Å². The third-order valence-electron chi connectivity index (χ3n) is 7.01. The number of fused-ring (bicyclic) bond motifs is 1. The van der Waals surface area contributed by atoms with Gasteiger partial charge in [-0.05, 0) is 74.8 Å². The molecule has 3 aliphatic rings. The lowest BCUT2D eigenvalue weighted by atomic mass is 9.53. The molecule has 154 valence electrons. The third kappa shape index (κ3) is 3.73. The molecule has 2 aliphatic carbocycles. The van der Waals surface area contributed by atoms with Gasteiger partial charge in [0.15, 0.2) is 0 Å². The van der Waals surface area contributed by atoms with Crippen LogP contribution in [0, 0.1) is 5.92 Å². The number of carbonyl (C=O) groups excluding carboxylic acids is 1. The predicted octanol–water partition coefficient (Wildman–Crippen LogP) is 4.71. The maximum Gasteiger partial charge on any atom is 0.511 e. The van der Waals surface area contributed by atoms with Gasteiger partial charge >= 0.3 is 6.16 Å². The van der Waals surface area contributed by atoms with Crippen LogP contribution in [0.2, 0.25) is 0 Å². The highest BCUT2D eigenvalue weighted by Crippen LogP contribution is 2.54. The van der Waals surface area contributed by atoms with Gasteiger partial charge in [0.1, 0.15) is 11.9 Å². The molecule has 2 bridgehead atoms. The molecule has 4 atom stereocenters. The van der Waals surface area contributed by atoms with Crippen molar-refractivity contribution in [2.45, 2.75) is 82.8 Å². The number of nitrogens with one attached hydrogen (secondary N) is 1. The van der Waals surface area contributed by atoms with Crippen molar-refractivity contribution in [3.05, 3.63) is 29.3 Å². The number of hydrogen-bond donors (Lipinski definition) is 1. The third-order valence-corrected chi connectivity index (χ3v) is 7.01. The first-order valence-corrected chi connectivity index (χ1v) is 11.0. The second-order valence-electron chi connectivity index (χ2n) is 8.72. The summed E-state index contributed by atoms with van der Waals surface area (Å²) in [5.74, 6) is 1.52. The van der Waals surface area contributed by atoms with Crippen molar-refractivity contribution in [1.29, 1.82) is 0 Å². The topological polar surface area (TPSA) is 56.8 Å². The highest BCUT2D eigenvalue weighted by Gasteiger charge is 2.51. The van der Waals surface area contributed by atoms with Crippen LogP contribution in [0.4, 0.5) is 4.79 Å². The van der Waals surface area contributed by atoms with Gasteiger partial charge in [-0.3, -0.25) is 0 Å². The van der Waals surface area contributed by atoms with E-state index in [-0.39, 0.29) is 12.9 Å². The van der Waals surface area contributed by atoms with Crippen molar-refractivity contribution in [3.63, 3.8) is 0 Å². The average Bonchev–Trinajstić information content (AvgIpc) is 2.68. The number of rotatable bonds is 6. The number of piperidine rings is 1. The molecule has 1 heterocycles. The Balaban J connectivity index is 1.42.